The molecule has 4 heteroatoms. The van der Waals surface area contributed by atoms with Crippen molar-refractivity contribution in [3.8, 4) is 0 Å². The Morgan fingerprint density at radius 1 is 1.07 bits per heavy atom. The smallest absolute Gasteiger partial charge is 0.192 e. The van der Waals surface area contributed by atoms with Crippen molar-refractivity contribution in [2.75, 3.05) is 0 Å². The first kappa shape index (κ1) is 15.5. The summed E-state index contributed by atoms with van der Waals surface area (Å²) in [7, 11) is -2.95. The molecule has 0 heterocycles. The second-order valence-corrected chi connectivity index (χ2v) is 17.0. The molecule has 0 aromatic rings. The Balaban J connectivity index is 4.91. The molecule has 90 valence electrons. The average Bonchev–Trinajstić information content (AvgIpc) is 1.75. The normalized spacial score (nSPS) is 16.3. The van der Waals surface area contributed by atoms with Crippen LogP contribution in [0.3, 0.4) is 0 Å². The van der Waals surface area contributed by atoms with Crippen LogP contribution in [0.4, 0.5) is 0 Å². The minimum Gasteiger partial charge on any atom is -0.412 e. The van der Waals surface area contributed by atoms with Gasteiger partial charge in [-0.25, -0.2) is 0 Å². The van der Waals surface area contributed by atoms with E-state index in [-0.39, 0.29) is 5.60 Å². The Morgan fingerprint density at radius 2 is 1.47 bits per heavy atom. The van der Waals surface area contributed by atoms with Crippen LogP contribution < -0.4 is 0 Å². The van der Waals surface area contributed by atoms with Gasteiger partial charge in [-0.05, 0) is 39.2 Å². The van der Waals surface area contributed by atoms with Crippen molar-refractivity contribution >= 4 is 34.0 Å². The van der Waals surface area contributed by atoms with Crippen LogP contribution in [-0.4, -0.2) is 27.4 Å². The Labute approximate surface area is 103 Å². The molecule has 0 aliphatic heterocycles. The van der Waals surface area contributed by atoms with Gasteiger partial charge in [-0.15, -0.1) is 0 Å². The van der Waals surface area contributed by atoms with Gasteiger partial charge in [0.15, 0.2) is 8.32 Å². The van der Waals surface area contributed by atoms with E-state index in [0.717, 1.165) is 0 Å². The lowest BCUT2D eigenvalue weighted by Crippen LogP contribution is -2.51. The summed E-state index contributed by atoms with van der Waals surface area (Å²) in [6.45, 7) is 18.1. The molecule has 0 N–H and O–H groups in total. The largest absolute Gasteiger partial charge is 0.412 e. The van der Waals surface area contributed by atoms with E-state index < -0.39 is 16.4 Å². The lowest BCUT2D eigenvalue weighted by molar-refractivity contribution is 0.120. The molecule has 0 bridgehead atoms. The molecule has 1 atom stereocenters. The fourth-order valence-corrected chi connectivity index (χ4v) is 15.4. The van der Waals surface area contributed by atoms with Crippen LogP contribution in [0.2, 0.25) is 37.9 Å². The molecule has 15 heavy (non-hydrogen) atoms. The van der Waals surface area contributed by atoms with Crippen molar-refractivity contribution in [3.63, 3.8) is 0 Å². The van der Waals surface area contributed by atoms with E-state index in [4.69, 9.17) is 16.6 Å². The standard InChI is InChI=1S/C11H26OSSi2/c1-11(2,3)12-15(7,8)10(9-13)14(4,5)6/h9-10H,1-8H3. The van der Waals surface area contributed by atoms with Gasteiger partial charge in [-0.2, -0.15) is 0 Å². The molecular weight excluding hydrogens is 236 g/mol. The zero-order chi connectivity index (χ0) is 12.5. The van der Waals surface area contributed by atoms with Gasteiger partial charge < -0.3 is 4.43 Å². The molecular formula is C11H26OSSi2. The molecule has 1 nitrogen and oxygen atoms in total. The molecule has 0 aliphatic rings. The van der Waals surface area contributed by atoms with Crippen molar-refractivity contribution in [1.29, 1.82) is 0 Å². The molecule has 0 rings (SSSR count). The zero-order valence-corrected chi connectivity index (χ0v) is 14.3. The number of hydrogen-bond donors (Lipinski definition) is 0. The molecule has 0 fully saturated rings. The highest BCUT2D eigenvalue weighted by Crippen LogP contribution is 2.34. The maximum absolute atomic E-state index is 6.28. The van der Waals surface area contributed by atoms with Crippen molar-refractivity contribution < 1.29 is 4.43 Å². The van der Waals surface area contributed by atoms with Gasteiger partial charge in [0.25, 0.3) is 0 Å². The van der Waals surface area contributed by atoms with Crippen LogP contribution in [0.25, 0.3) is 0 Å². The molecule has 0 aliphatic carbocycles. The van der Waals surface area contributed by atoms with Gasteiger partial charge in [0, 0.05) is 10.8 Å². The van der Waals surface area contributed by atoms with E-state index in [0.29, 0.717) is 5.16 Å². The second kappa shape index (κ2) is 4.77. The summed E-state index contributed by atoms with van der Waals surface area (Å²) in [6, 6.07) is 0. The first-order chi connectivity index (χ1) is 6.40. The lowest BCUT2D eigenvalue weighted by atomic mass is 10.2. The van der Waals surface area contributed by atoms with Crippen LogP contribution >= 0.6 is 12.2 Å². The van der Waals surface area contributed by atoms with Crippen LogP contribution in [0.1, 0.15) is 20.8 Å². The Hall–Kier alpha value is 0.484. The highest BCUT2D eigenvalue weighted by atomic mass is 32.1. The average molecular weight is 263 g/mol. The van der Waals surface area contributed by atoms with Crippen molar-refractivity contribution in [2.45, 2.75) is 64.3 Å². The number of rotatable bonds is 4. The van der Waals surface area contributed by atoms with Gasteiger partial charge in [0.1, 0.15) is 0 Å². The first-order valence-electron chi connectivity index (χ1n) is 5.55. The molecule has 0 radical (unpaired) electrons. The minimum atomic E-state index is -1.70. The molecule has 0 amide bonds. The van der Waals surface area contributed by atoms with E-state index in [9.17, 15) is 0 Å². The van der Waals surface area contributed by atoms with Crippen LogP contribution in [0.5, 0.6) is 0 Å². The van der Waals surface area contributed by atoms with Crippen molar-refractivity contribution in [2.24, 2.45) is 0 Å². The van der Waals surface area contributed by atoms with Crippen molar-refractivity contribution in [1.82, 2.24) is 0 Å². The van der Waals surface area contributed by atoms with E-state index in [1.807, 2.05) is 5.37 Å². The molecule has 0 saturated carbocycles. The van der Waals surface area contributed by atoms with E-state index in [1.54, 1.807) is 0 Å². The zero-order valence-electron chi connectivity index (χ0n) is 11.5. The summed E-state index contributed by atoms with van der Waals surface area (Å²) in [5.41, 5.74) is -0.0496. The summed E-state index contributed by atoms with van der Waals surface area (Å²) >= 11 is 5.22. The van der Waals surface area contributed by atoms with Gasteiger partial charge in [-0.3, -0.25) is 0 Å². The SMILES string of the molecule is CC(C)(C)O[Si](C)(C)C(C=S)[Si](C)(C)C. The highest BCUT2D eigenvalue weighted by Gasteiger charge is 2.43. The van der Waals surface area contributed by atoms with E-state index in [2.05, 4.69) is 53.5 Å². The number of thiocarbonyl (C=S) groups is 1. The van der Waals surface area contributed by atoms with E-state index >= 15 is 0 Å². The third kappa shape index (κ3) is 5.38. The monoisotopic (exact) mass is 262 g/mol. The Morgan fingerprint density at radius 3 is 1.67 bits per heavy atom. The summed E-state index contributed by atoms with van der Waals surface area (Å²) < 4.78 is 6.28. The molecule has 0 aromatic heterocycles. The van der Waals surface area contributed by atoms with Crippen LogP contribution in [0.15, 0.2) is 0 Å². The topological polar surface area (TPSA) is 9.23 Å². The maximum atomic E-state index is 6.28. The fourth-order valence-electron chi connectivity index (χ4n) is 2.26. The predicted octanol–water partition coefficient (Wildman–Crippen LogP) is 4.25. The molecule has 0 saturated heterocycles. The van der Waals surface area contributed by atoms with Gasteiger partial charge >= 0.3 is 0 Å². The van der Waals surface area contributed by atoms with Gasteiger partial charge in [-0.1, -0.05) is 31.9 Å². The van der Waals surface area contributed by atoms with E-state index in [1.165, 1.54) is 0 Å². The fraction of sp³-hybridized carbons (Fsp3) is 0.909. The molecule has 1 unspecified atom stereocenters. The van der Waals surface area contributed by atoms with Gasteiger partial charge in [0.05, 0.1) is 8.07 Å². The molecule has 0 spiro atoms. The third-order valence-corrected chi connectivity index (χ3v) is 12.7. The summed E-state index contributed by atoms with van der Waals surface area (Å²) in [4.78, 5) is 0. The Bertz CT molecular complexity index is 226. The van der Waals surface area contributed by atoms with Crippen molar-refractivity contribution in [3.05, 3.63) is 0 Å². The minimum absolute atomic E-state index is 0.0496. The van der Waals surface area contributed by atoms with Crippen LogP contribution in [-0.2, 0) is 4.43 Å². The quantitative estimate of drug-likeness (QED) is 0.553. The first-order valence-corrected chi connectivity index (χ1v) is 12.6. The highest BCUT2D eigenvalue weighted by molar-refractivity contribution is 7.79. The van der Waals surface area contributed by atoms with Gasteiger partial charge in [0.2, 0.25) is 0 Å². The lowest BCUT2D eigenvalue weighted by Gasteiger charge is -2.41. The molecule has 0 aromatic carbocycles. The summed E-state index contributed by atoms with van der Waals surface area (Å²) in [5.74, 6) is 0. The number of hydrogen-bond acceptors (Lipinski definition) is 2. The summed E-state index contributed by atoms with van der Waals surface area (Å²) in [6.07, 6.45) is 0. The third-order valence-electron chi connectivity index (χ3n) is 2.39. The summed E-state index contributed by atoms with van der Waals surface area (Å²) in [5, 5.41) is 2.52. The maximum Gasteiger partial charge on any atom is 0.192 e. The second-order valence-electron chi connectivity index (χ2n) is 6.80. The Kier molecular flexibility index (Phi) is 4.93. The van der Waals surface area contributed by atoms with Crippen LogP contribution in [0, 0.1) is 0 Å². The predicted molar refractivity (Wildman–Crippen MR) is 79.1 cm³/mol.